The molecule has 1 saturated heterocycles. The van der Waals surface area contributed by atoms with E-state index in [0.717, 1.165) is 25.1 Å². The summed E-state index contributed by atoms with van der Waals surface area (Å²) in [6.07, 6.45) is 6.50. The highest BCUT2D eigenvalue weighted by Crippen LogP contribution is 2.26. The maximum atomic E-state index is 11.2. The van der Waals surface area contributed by atoms with Crippen LogP contribution in [0.5, 0.6) is 0 Å². The van der Waals surface area contributed by atoms with Crippen molar-refractivity contribution in [3.8, 4) is 0 Å². The summed E-state index contributed by atoms with van der Waals surface area (Å²) >= 11 is 1.43. The van der Waals surface area contributed by atoms with Crippen LogP contribution in [0, 0.1) is 0 Å². The van der Waals surface area contributed by atoms with Crippen molar-refractivity contribution in [2.24, 2.45) is 0 Å². The summed E-state index contributed by atoms with van der Waals surface area (Å²) in [4.78, 5) is 11.2. The molecule has 0 amide bonds. The van der Waals surface area contributed by atoms with Gasteiger partial charge < -0.3 is 9.73 Å². The quantitative estimate of drug-likeness (QED) is 0.857. The smallest absolute Gasteiger partial charge is 0.186 e. The Hall–Kier alpha value is -1.00. The zero-order valence-corrected chi connectivity index (χ0v) is 10.0. The van der Waals surface area contributed by atoms with Crippen LogP contribution in [0.15, 0.2) is 28.6 Å². The third kappa shape index (κ3) is 3.00. The third-order valence-electron chi connectivity index (χ3n) is 2.53. The van der Waals surface area contributed by atoms with Gasteiger partial charge in [-0.3, -0.25) is 4.79 Å². The average molecular weight is 237 g/mol. The number of carbonyl (C=O) groups excluding carboxylic acids is 1. The van der Waals surface area contributed by atoms with E-state index in [1.165, 1.54) is 17.3 Å². The van der Waals surface area contributed by atoms with Gasteiger partial charge in [0, 0.05) is 24.3 Å². The van der Waals surface area contributed by atoms with E-state index in [2.05, 4.69) is 11.4 Å². The minimum atomic E-state index is 0.185. The molecule has 1 N–H and O–H groups in total. The van der Waals surface area contributed by atoms with Crippen LogP contribution in [-0.2, 0) is 4.79 Å². The van der Waals surface area contributed by atoms with Crippen molar-refractivity contribution in [2.45, 2.75) is 18.6 Å². The fourth-order valence-corrected chi connectivity index (χ4v) is 2.75. The minimum absolute atomic E-state index is 0.185. The Morgan fingerprint density at radius 3 is 3.25 bits per heavy atom. The highest BCUT2D eigenvalue weighted by Gasteiger charge is 2.20. The summed E-state index contributed by atoms with van der Waals surface area (Å²) in [6.45, 7) is 3.46. The molecular weight excluding hydrogens is 222 g/mol. The van der Waals surface area contributed by atoms with Gasteiger partial charge in [0.15, 0.2) is 5.12 Å². The second kappa shape index (κ2) is 5.37. The van der Waals surface area contributed by atoms with Crippen molar-refractivity contribution in [3.05, 3.63) is 29.7 Å². The molecule has 2 rings (SSSR count). The summed E-state index contributed by atoms with van der Waals surface area (Å²) in [5.74, 6) is 0. The van der Waals surface area contributed by atoms with Crippen LogP contribution in [0.2, 0.25) is 0 Å². The fourth-order valence-electron chi connectivity index (χ4n) is 1.82. The van der Waals surface area contributed by atoms with Crippen LogP contribution in [0.1, 0.15) is 18.9 Å². The van der Waals surface area contributed by atoms with Gasteiger partial charge in [0.2, 0.25) is 0 Å². The molecular formula is C12H15NO2S. The van der Waals surface area contributed by atoms with Crippen molar-refractivity contribution in [1.29, 1.82) is 0 Å². The first kappa shape index (κ1) is 11.5. The molecule has 1 atom stereocenters. The maximum absolute atomic E-state index is 11.2. The number of nitrogens with one attached hydrogen (secondary N) is 1. The third-order valence-corrected chi connectivity index (χ3v) is 3.68. The Labute approximate surface area is 99.3 Å². The standard InChI is InChI=1S/C12H15NO2S/c1-9(14)16-12-2-4-13-7-11(12)6-10-3-5-15-8-10/h3,5-6,8,12-13H,2,4,7H2,1H3. The lowest BCUT2D eigenvalue weighted by Crippen LogP contribution is -2.32. The second-order valence-electron chi connectivity index (χ2n) is 3.84. The van der Waals surface area contributed by atoms with E-state index in [0.29, 0.717) is 5.25 Å². The number of rotatable bonds is 2. The van der Waals surface area contributed by atoms with Crippen molar-refractivity contribution < 1.29 is 9.21 Å². The first-order chi connectivity index (χ1) is 7.75. The van der Waals surface area contributed by atoms with E-state index >= 15 is 0 Å². The molecule has 0 bridgehead atoms. The number of thioether (sulfide) groups is 1. The zero-order chi connectivity index (χ0) is 11.4. The van der Waals surface area contributed by atoms with Gasteiger partial charge in [-0.15, -0.1) is 0 Å². The van der Waals surface area contributed by atoms with Crippen LogP contribution < -0.4 is 5.32 Å². The Bertz CT molecular complexity index is 384. The summed E-state index contributed by atoms with van der Waals surface area (Å²) in [5.41, 5.74) is 2.33. The van der Waals surface area contributed by atoms with Crippen LogP contribution in [-0.4, -0.2) is 23.5 Å². The van der Waals surface area contributed by atoms with E-state index < -0.39 is 0 Å². The lowest BCUT2D eigenvalue weighted by molar-refractivity contribution is -0.109. The first-order valence-electron chi connectivity index (χ1n) is 5.36. The molecule has 0 aromatic carbocycles. The molecule has 0 saturated carbocycles. The molecule has 3 nitrogen and oxygen atoms in total. The van der Waals surface area contributed by atoms with Gasteiger partial charge in [-0.2, -0.15) is 0 Å². The lowest BCUT2D eigenvalue weighted by atomic mass is 10.0. The summed E-state index contributed by atoms with van der Waals surface area (Å²) in [7, 11) is 0. The molecule has 86 valence electrons. The molecule has 1 aromatic rings. The highest BCUT2D eigenvalue weighted by atomic mass is 32.2. The van der Waals surface area contributed by atoms with E-state index in [4.69, 9.17) is 4.42 Å². The van der Waals surface area contributed by atoms with Gasteiger partial charge in [-0.05, 0) is 24.6 Å². The van der Waals surface area contributed by atoms with Gasteiger partial charge in [-0.25, -0.2) is 0 Å². The Morgan fingerprint density at radius 2 is 2.56 bits per heavy atom. The second-order valence-corrected chi connectivity index (χ2v) is 5.22. The van der Waals surface area contributed by atoms with Crippen LogP contribution in [0.25, 0.3) is 6.08 Å². The van der Waals surface area contributed by atoms with Crippen LogP contribution in [0.3, 0.4) is 0 Å². The molecule has 1 aromatic heterocycles. The van der Waals surface area contributed by atoms with E-state index in [-0.39, 0.29) is 5.12 Å². The Kier molecular flexibility index (Phi) is 3.85. The lowest BCUT2D eigenvalue weighted by Gasteiger charge is -2.24. The fraction of sp³-hybridized carbons (Fsp3) is 0.417. The van der Waals surface area contributed by atoms with Gasteiger partial charge in [0.1, 0.15) is 0 Å². The summed E-state index contributed by atoms with van der Waals surface area (Å²) < 4.78 is 5.03. The normalized spacial score (nSPS) is 23.6. The predicted octanol–water partition coefficient (Wildman–Crippen LogP) is 2.30. The number of hydrogen-bond donors (Lipinski definition) is 1. The Balaban J connectivity index is 2.12. The molecule has 0 radical (unpaired) electrons. The van der Waals surface area contributed by atoms with Crippen molar-refractivity contribution in [3.63, 3.8) is 0 Å². The van der Waals surface area contributed by atoms with Crippen LogP contribution in [0.4, 0.5) is 0 Å². The Morgan fingerprint density at radius 1 is 1.69 bits per heavy atom. The van der Waals surface area contributed by atoms with Crippen molar-refractivity contribution in [2.75, 3.05) is 13.1 Å². The SMILES string of the molecule is CC(=O)SC1CCNCC1=Cc1ccoc1. The molecule has 0 spiro atoms. The molecule has 1 aliphatic heterocycles. The van der Waals surface area contributed by atoms with E-state index in [1.807, 2.05) is 6.07 Å². The van der Waals surface area contributed by atoms with Crippen LogP contribution >= 0.6 is 11.8 Å². The summed E-state index contributed by atoms with van der Waals surface area (Å²) in [6, 6.07) is 1.93. The molecule has 1 unspecified atom stereocenters. The minimum Gasteiger partial charge on any atom is -0.472 e. The van der Waals surface area contributed by atoms with Crippen molar-refractivity contribution in [1.82, 2.24) is 5.32 Å². The van der Waals surface area contributed by atoms with Gasteiger partial charge in [-0.1, -0.05) is 17.8 Å². The summed E-state index contributed by atoms with van der Waals surface area (Å²) in [5, 5.41) is 3.83. The molecule has 0 aliphatic carbocycles. The predicted molar refractivity (Wildman–Crippen MR) is 66.2 cm³/mol. The van der Waals surface area contributed by atoms with Gasteiger partial charge in [0.05, 0.1) is 12.5 Å². The number of hydrogen-bond acceptors (Lipinski definition) is 4. The van der Waals surface area contributed by atoms with E-state index in [9.17, 15) is 4.79 Å². The number of furan rings is 1. The first-order valence-corrected chi connectivity index (χ1v) is 6.24. The zero-order valence-electron chi connectivity index (χ0n) is 9.23. The number of carbonyl (C=O) groups is 1. The average Bonchev–Trinajstić information content (AvgIpc) is 2.73. The largest absolute Gasteiger partial charge is 0.472 e. The molecule has 1 fully saturated rings. The molecule has 16 heavy (non-hydrogen) atoms. The van der Waals surface area contributed by atoms with E-state index in [1.54, 1.807) is 19.5 Å². The number of piperidine rings is 1. The monoisotopic (exact) mass is 237 g/mol. The van der Waals surface area contributed by atoms with Crippen molar-refractivity contribution >= 4 is 23.0 Å². The topological polar surface area (TPSA) is 42.2 Å². The highest BCUT2D eigenvalue weighted by molar-refractivity contribution is 8.14. The molecule has 2 heterocycles. The molecule has 4 heteroatoms. The maximum Gasteiger partial charge on any atom is 0.186 e. The molecule has 1 aliphatic rings. The van der Waals surface area contributed by atoms with Gasteiger partial charge in [0.25, 0.3) is 0 Å². The van der Waals surface area contributed by atoms with Gasteiger partial charge >= 0.3 is 0 Å².